The minimum atomic E-state index is -1.19. The Hall–Kier alpha value is -2.29. The Morgan fingerprint density at radius 2 is 1.90 bits per heavy atom. The van der Waals surface area contributed by atoms with E-state index < -0.39 is 22.8 Å². The van der Waals surface area contributed by atoms with Crippen molar-refractivity contribution in [2.75, 3.05) is 32.2 Å². The maximum atomic E-state index is 12.8. The first-order chi connectivity index (χ1) is 14.3. The van der Waals surface area contributed by atoms with Crippen molar-refractivity contribution in [1.82, 2.24) is 10.2 Å². The molecule has 0 aromatic heterocycles. The number of anilines is 1. The van der Waals surface area contributed by atoms with Gasteiger partial charge in [-0.1, -0.05) is 42.3 Å². The Labute approximate surface area is 185 Å². The molecule has 1 atom stereocenters. The van der Waals surface area contributed by atoms with Crippen LogP contribution >= 0.6 is 23.2 Å². The molecule has 3 amide bonds. The molecule has 164 valence electrons. The third kappa shape index (κ3) is 5.87. The summed E-state index contributed by atoms with van der Waals surface area (Å²) in [7, 11) is 1.52. The molecule has 0 radical (unpaired) electrons. The van der Waals surface area contributed by atoms with Crippen LogP contribution in [0.5, 0.6) is 0 Å². The molecule has 1 aromatic rings. The van der Waals surface area contributed by atoms with Gasteiger partial charge in [-0.25, -0.2) is 9.59 Å². The molecule has 1 aliphatic heterocycles. The molecule has 1 aliphatic rings. The SMILES string of the molecule is CCCN1C(=O)NC(c2ccc(NC(=O)C(Cl)Cl)cc2)C(C(=O)OCCOC)=C1C. The number of benzene rings is 1. The summed E-state index contributed by atoms with van der Waals surface area (Å²) in [5.74, 6) is -1.08. The highest BCUT2D eigenvalue weighted by atomic mass is 35.5. The van der Waals surface area contributed by atoms with E-state index in [1.54, 1.807) is 31.2 Å². The van der Waals surface area contributed by atoms with Crippen molar-refractivity contribution in [2.45, 2.75) is 31.1 Å². The number of alkyl halides is 2. The lowest BCUT2D eigenvalue weighted by Crippen LogP contribution is -2.48. The number of esters is 1. The number of carbonyl (C=O) groups is 3. The summed E-state index contributed by atoms with van der Waals surface area (Å²) < 4.78 is 10.3. The number of nitrogens with one attached hydrogen (secondary N) is 2. The van der Waals surface area contributed by atoms with Gasteiger partial charge in [-0.2, -0.15) is 0 Å². The first kappa shape index (κ1) is 24.0. The topological polar surface area (TPSA) is 97.0 Å². The Bertz CT molecular complexity index is 811. The van der Waals surface area contributed by atoms with E-state index in [4.69, 9.17) is 32.7 Å². The van der Waals surface area contributed by atoms with Gasteiger partial charge in [0.1, 0.15) is 6.61 Å². The second kappa shape index (κ2) is 11.2. The largest absolute Gasteiger partial charge is 0.460 e. The molecule has 0 bridgehead atoms. The molecular formula is C20H25Cl2N3O5. The van der Waals surface area contributed by atoms with Crippen LogP contribution in [0.4, 0.5) is 10.5 Å². The number of hydrogen-bond acceptors (Lipinski definition) is 5. The Morgan fingerprint density at radius 1 is 1.23 bits per heavy atom. The van der Waals surface area contributed by atoms with Gasteiger partial charge in [0.2, 0.25) is 0 Å². The minimum absolute atomic E-state index is 0.101. The van der Waals surface area contributed by atoms with Gasteiger partial charge in [0.25, 0.3) is 5.91 Å². The second-order valence-electron chi connectivity index (χ2n) is 6.57. The molecule has 8 nitrogen and oxygen atoms in total. The van der Waals surface area contributed by atoms with E-state index >= 15 is 0 Å². The maximum Gasteiger partial charge on any atom is 0.338 e. The maximum absolute atomic E-state index is 12.8. The first-order valence-electron chi connectivity index (χ1n) is 9.44. The summed E-state index contributed by atoms with van der Waals surface area (Å²) in [4.78, 5) is 37.4. The van der Waals surface area contributed by atoms with E-state index in [9.17, 15) is 14.4 Å². The molecule has 1 unspecified atom stereocenters. The third-order valence-electron chi connectivity index (χ3n) is 4.49. The van der Waals surface area contributed by atoms with Crippen molar-refractivity contribution in [3.8, 4) is 0 Å². The highest BCUT2D eigenvalue weighted by Crippen LogP contribution is 2.32. The predicted molar refractivity (Wildman–Crippen MR) is 114 cm³/mol. The average molecular weight is 458 g/mol. The molecule has 1 aromatic carbocycles. The second-order valence-corrected chi connectivity index (χ2v) is 7.67. The fourth-order valence-corrected chi connectivity index (χ4v) is 3.15. The van der Waals surface area contributed by atoms with E-state index in [2.05, 4.69) is 10.6 Å². The molecule has 2 rings (SSSR count). The highest BCUT2D eigenvalue weighted by Gasteiger charge is 2.36. The van der Waals surface area contributed by atoms with Crippen LogP contribution in [0, 0.1) is 0 Å². The molecule has 0 spiro atoms. The van der Waals surface area contributed by atoms with Gasteiger partial charge in [0, 0.05) is 25.0 Å². The van der Waals surface area contributed by atoms with Crippen molar-refractivity contribution in [3.63, 3.8) is 0 Å². The van der Waals surface area contributed by atoms with Gasteiger partial charge in [0.05, 0.1) is 18.2 Å². The van der Waals surface area contributed by atoms with Crippen LogP contribution in [0.15, 0.2) is 35.5 Å². The van der Waals surface area contributed by atoms with Gasteiger partial charge in [0.15, 0.2) is 4.84 Å². The number of rotatable bonds is 9. The number of halogens is 2. The molecule has 0 saturated heterocycles. The van der Waals surface area contributed by atoms with Crippen molar-refractivity contribution in [2.24, 2.45) is 0 Å². The number of methoxy groups -OCH3 is 1. The van der Waals surface area contributed by atoms with Crippen LogP contribution in [-0.4, -0.2) is 54.5 Å². The molecule has 30 heavy (non-hydrogen) atoms. The van der Waals surface area contributed by atoms with Crippen LogP contribution in [0.2, 0.25) is 0 Å². The number of amides is 3. The standard InChI is InChI=1S/C20H25Cl2N3O5/c1-4-9-25-12(2)15(19(27)30-11-10-29-3)16(24-20(25)28)13-5-7-14(8-6-13)23-18(26)17(21)22/h5-8,16-17H,4,9-11H2,1-3H3,(H,23,26)(H,24,28). The molecule has 2 N–H and O–H groups in total. The lowest BCUT2D eigenvalue weighted by Gasteiger charge is -2.35. The van der Waals surface area contributed by atoms with E-state index in [0.29, 0.717) is 29.1 Å². The van der Waals surface area contributed by atoms with Crippen LogP contribution in [-0.2, 0) is 19.1 Å². The molecule has 0 aliphatic carbocycles. The average Bonchev–Trinajstić information content (AvgIpc) is 2.71. The number of allylic oxidation sites excluding steroid dienone is 1. The fraction of sp³-hybridized carbons (Fsp3) is 0.450. The monoisotopic (exact) mass is 457 g/mol. The summed E-state index contributed by atoms with van der Waals surface area (Å²) in [6.45, 7) is 4.52. The number of carbonyl (C=O) groups excluding carboxylic acids is 3. The quantitative estimate of drug-likeness (QED) is 0.336. The van der Waals surface area contributed by atoms with E-state index in [-0.39, 0.29) is 19.2 Å². The Balaban J connectivity index is 2.34. The van der Waals surface area contributed by atoms with Gasteiger partial charge in [-0.15, -0.1) is 0 Å². The van der Waals surface area contributed by atoms with Crippen LogP contribution in [0.3, 0.4) is 0 Å². The lowest BCUT2D eigenvalue weighted by molar-refractivity contribution is -0.141. The lowest BCUT2D eigenvalue weighted by atomic mass is 9.94. The molecule has 10 heteroatoms. The fourth-order valence-electron chi connectivity index (χ4n) is 3.04. The van der Waals surface area contributed by atoms with Gasteiger partial charge < -0.3 is 20.1 Å². The van der Waals surface area contributed by atoms with Crippen molar-refractivity contribution in [3.05, 3.63) is 41.1 Å². The summed E-state index contributed by atoms with van der Waals surface area (Å²) in [6, 6.07) is 5.68. The van der Waals surface area contributed by atoms with Crippen LogP contribution in [0.25, 0.3) is 0 Å². The molecule has 0 fully saturated rings. The highest BCUT2D eigenvalue weighted by molar-refractivity contribution is 6.54. The Morgan fingerprint density at radius 3 is 2.47 bits per heavy atom. The van der Waals surface area contributed by atoms with E-state index in [1.807, 2.05) is 6.92 Å². The van der Waals surface area contributed by atoms with Gasteiger partial charge in [-0.3, -0.25) is 9.69 Å². The summed E-state index contributed by atoms with van der Waals surface area (Å²) >= 11 is 11.1. The number of hydrogen-bond donors (Lipinski definition) is 2. The minimum Gasteiger partial charge on any atom is -0.460 e. The van der Waals surface area contributed by atoms with E-state index in [1.165, 1.54) is 12.0 Å². The number of urea groups is 1. The zero-order chi connectivity index (χ0) is 22.3. The van der Waals surface area contributed by atoms with Gasteiger partial charge >= 0.3 is 12.0 Å². The van der Waals surface area contributed by atoms with Crippen molar-refractivity contribution in [1.29, 1.82) is 0 Å². The summed E-state index contributed by atoms with van der Waals surface area (Å²) in [5.41, 5.74) is 2.02. The van der Waals surface area contributed by atoms with E-state index in [0.717, 1.165) is 6.42 Å². The molecule has 1 heterocycles. The molecule has 0 saturated carbocycles. The Kier molecular flexibility index (Phi) is 8.95. The van der Waals surface area contributed by atoms with Crippen LogP contribution in [0.1, 0.15) is 31.9 Å². The third-order valence-corrected chi connectivity index (χ3v) is 4.89. The van der Waals surface area contributed by atoms with Crippen molar-refractivity contribution < 1.29 is 23.9 Å². The normalized spacial score (nSPS) is 16.5. The summed E-state index contributed by atoms with van der Waals surface area (Å²) in [5, 5.41) is 5.43. The smallest absolute Gasteiger partial charge is 0.338 e. The number of ether oxygens (including phenoxy) is 2. The van der Waals surface area contributed by atoms with Gasteiger partial charge in [-0.05, 0) is 31.0 Å². The molecular weight excluding hydrogens is 433 g/mol. The number of nitrogens with zero attached hydrogens (tertiary/aromatic N) is 1. The zero-order valence-corrected chi connectivity index (χ0v) is 18.5. The summed E-state index contributed by atoms with van der Waals surface area (Å²) in [6.07, 6.45) is 0.734. The predicted octanol–water partition coefficient (Wildman–Crippen LogP) is 3.37. The van der Waals surface area contributed by atoms with Crippen LogP contribution < -0.4 is 10.6 Å². The zero-order valence-electron chi connectivity index (χ0n) is 17.0. The van der Waals surface area contributed by atoms with Crippen molar-refractivity contribution >= 4 is 46.8 Å². The first-order valence-corrected chi connectivity index (χ1v) is 10.3.